The van der Waals surface area contributed by atoms with Crippen LogP contribution in [0.3, 0.4) is 0 Å². The summed E-state index contributed by atoms with van der Waals surface area (Å²) in [4.78, 5) is 12.6. The highest BCUT2D eigenvalue weighted by atomic mass is 79.9. The van der Waals surface area contributed by atoms with Gasteiger partial charge in [0.05, 0.1) is 18.7 Å². The third-order valence-electron chi connectivity index (χ3n) is 4.69. The van der Waals surface area contributed by atoms with Crippen molar-refractivity contribution in [3.63, 3.8) is 0 Å². The Bertz CT molecular complexity index is 1030. The van der Waals surface area contributed by atoms with Crippen LogP contribution in [0.15, 0.2) is 45.8 Å². The molecule has 2 aromatic rings. The number of amides is 1. The third kappa shape index (κ3) is 4.91. The summed E-state index contributed by atoms with van der Waals surface area (Å²) in [6, 6.07) is 8.67. The zero-order valence-corrected chi connectivity index (χ0v) is 18.7. The van der Waals surface area contributed by atoms with E-state index in [2.05, 4.69) is 21.2 Å². The van der Waals surface area contributed by atoms with Gasteiger partial charge in [0.25, 0.3) is 0 Å². The summed E-state index contributed by atoms with van der Waals surface area (Å²) in [5.41, 5.74) is 0.0506. The highest BCUT2D eigenvalue weighted by Crippen LogP contribution is 2.32. The number of hydrogen-bond acceptors (Lipinski definition) is 4. The maximum absolute atomic E-state index is 14.0. The normalized spacial score (nSPS) is 17.7. The molecule has 156 valence electrons. The molecule has 2 aromatic carbocycles. The van der Waals surface area contributed by atoms with Crippen LogP contribution < -0.4 is 10.1 Å². The second-order valence-corrected chi connectivity index (χ2v) is 9.87. The van der Waals surface area contributed by atoms with Gasteiger partial charge in [0.1, 0.15) is 16.5 Å². The van der Waals surface area contributed by atoms with Gasteiger partial charge in [-0.25, -0.2) is 12.8 Å². The van der Waals surface area contributed by atoms with Crippen LogP contribution in [0.4, 0.5) is 10.1 Å². The molecule has 0 saturated carbocycles. The molecule has 1 atom stereocenters. The van der Waals surface area contributed by atoms with E-state index < -0.39 is 27.7 Å². The van der Waals surface area contributed by atoms with Crippen molar-refractivity contribution in [1.29, 1.82) is 0 Å². The monoisotopic (exact) mass is 504 g/mol. The molecular formula is C19H19BrClFN2O4S. The Morgan fingerprint density at radius 1 is 1.31 bits per heavy atom. The molecule has 0 aromatic heterocycles. The van der Waals surface area contributed by atoms with Crippen molar-refractivity contribution in [1.82, 2.24) is 4.31 Å². The summed E-state index contributed by atoms with van der Waals surface area (Å²) < 4.78 is 47.2. The highest BCUT2D eigenvalue weighted by Gasteiger charge is 2.35. The summed E-state index contributed by atoms with van der Waals surface area (Å²) >= 11 is 9.13. The number of ether oxygens (including phenoxy) is 1. The fourth-order valence-electron chi connectivity index (χ4n) is 3.19. The Balaban J connectivity index is 1.79. The number of carbonyl (C=O) groups excluding carboxylic acids is 1. The van der Waals surface area contributed by atoms with E-state index in [1.165, 1.54) is 35.7 Å². The van der Waals surface area contributed by atoms with Crippen molar-refractivity contribution in [3.8, 4) is 5.75 Å². The molecule has 0 radical (unpaired) electrons. The van der Waals surface area contributed by atoms with E-state index in [1.54, 1.807) is 12.1 Å². The molecular weight excluding hydrogens is 487 g/mol. The molecule has 29 heavy (non-hydrogen) atoms. The quantitative estimate of drug-likeness (QED) is 0.658. The summed E-state index contributed by atoms with van der Waals surface area (Å²) in [5, 5.41) is 2.81. The number of nitrogens with zero attached hydrogens (tertiary/aromatic N) is 1. The van der Waals surface area contributed by atoms with Crippen LogP contribution in [-0.4, -0.2) is 38.8 Å². The molecule has 6 nitrogen and oxygen atoms in total. The maximum Gasteiger partial charge on any atom is 0.246 e. The number of carbonyl (C=O) groups is 1. The molecule has 0 unspecified atom stereocenters. The second kappa shape index (κ2) is 8.99. The molecule has 1 aliphatic heterocycles. The molecule has 1 fully saturated rings. The SMILES string of the molecule is COc1ccc(Cl)cc1S(=O)(=O)N1CCC[C@@H](C(=O)Nc2ccc(Br)cc2F)C1. The van der Waals surface area contributed by atoms with Gasteiger partial charge in [-0.15, -0.1) is 0 Å². The third-order valence-corrected chi connectivity index (χ3v) is 7.30. The molecule has 1 heterocycles. The van der Waals surface area contributed by atoms with Gasteiger partial charge in [0, 0.05) is 22.6 Å². The molecule has 10 heteroatoms. The number of halogens is 3. The summed E-state index contributed by atoms with van der Waals surface area (Å²) in [6.45, 7) is 0.260. The number of methoxy groups -OCH3 is 1. The number of rotatable bonds is 5. The van der Waals surface area contributed by atoms with E-state index in [4.69, 9.17) is 16.3 Å². The van der Waals surface area contributed by atoms with Gasteiger partial charge < -0.3 is 10.1 Å². The average molecular weight is 506 g/mol. The first-order valence-corrected chi connectivity index (χ1v) is 11.4. The standard InChI is InChI=1S/C19H19BrClFN2O4S/c1-28-17-7-5-14(21)10-18(17)29(26,27)24-8-2-3-12(11-24)19(25)23-16-6-4-13(20)9-15(16)22/h4-7,9-10,12H,2-3,8,11H2,1H3,(H,23,25)/t12-/m1/s1. The van der Waals surface area contributed by atoms with Gasteiger partial charge >= 0.3 is 0 Å². The van der Waals surface area contributed by atoms with Crippen LogP contribution in [0.1, 0.15) is 12.8 Å². The van der Waals surface area contributed by atoms with Gasteiger partial charge in [-0.1, -0.05) is 27.5 Å². The fraction of sp³-hybridized carbons (Fsp3) is 0.316. The molecule has 0 aliphatic carbocycles. The van der Waals surface area contributed by atoms with Crippen LogP contribution in [0, 0.1) is 11.7 Å². The Hall–Kier alpha value is -1.68. The van der Waals surface area contributed by atoms with E-state index in [1.807, 2.05) is 0 Å². The second-order valence-electron chi connectivity index (χ2n) is 6.61. The fourth-order valence-corrected chi connectivity index (χ4v) is 5.47. The van der Waals surface area contributed by atoms with Crippen molar-refractivity contribution in [2.75, 3.05) is 25.5 Å². The van der Waals surface area contributed by atoms with Crippen LogP contribution in [0.2, 0.25) is 5.02 Å². The smallest absolute Gasteiger partial charge is 0.246 e. The minimum atomic E-state index is -3.92. The minimum absolute atomic E-state index is 0.0119. The number of nitrogens with one attached hydrogen (secondary N) is 1. The minimum Gasteiger partial charge on any atom is -0.495 e. The Labute approximate surface area is 182 Å². The van der Waals surface area contributed by atoms with Crippen molar-refractivity contribution in [2.24, 2.45) is 5.92 Å². The van der Waals surface area contributed by atoms with E-state index in [0.29, 0.717) is 17.3 Å². The lowest BCUT2D eigenvalue weighted by atomic mass is 9.98. The lowest BCUT2D eigenvalue weighted by Gasteiger charge is -2.31. The summed E-state index contributed by atoms with van der Waals surface area (Å²) in [5.74, 6) is -1.43. The van der Waals surface area contributed by atoms with Crippen molar-refractivity contribution >= 4 is 49.1 Å². The van der Waals surface area contributed by atoms with Gasteiger partial charge in [-0.05, 0) is 49.2 Å². The zero-order valence-electron chi connectivity index (χ0n) is 15.5. The van der Waals surface area contributed by atoms with Crippen molar-refractivity contribution in [3.05, 3.63) is 51.7 Å². The maximum atomic E-state index is 14.0. The van der Waals surface area contributed by atoms with Gasteiger partial charge in [0.15, 0.2) is 0 Å². The first-order valence-electron chi connectivity index (χ1n) is 8.82. The van der Waals surface area contributed by atoms with Gasteiger partial charge in [-0.3, -0.25) is 4.79 Å². The number of hydrogen-bond donors (Lipinski definition) is 1. The van der Waals surface area contributed by atoms with Crippen LogP contribution in [0.5, 0.6) is 5.75 Å². The number of sulfonamides is 1. The predicted molar refractivity (Wildman–Crippen MR) is 112 cm³/mol. The highest BCUT2D eigenvalue weighted by molar-refractivity contribution is 9.10. The first-order chi connectivity index (χ1) is 13.7. The molecule has 0 bridgehead atoms. The summed E-state index contributed by atoms with van der Waals surface area (Å²) in [7, 11) is -2.54. The Morgan fingerprint density at radius 2 is 2.07 bits per heavy atom. The van der Waals surface area contributed by atoms with E-state index >= 15 is 0 Å². The molecule has 1 aliphatic rings. The van der Waals surface area contributed by atoms with Crippen molar-refractivity contribution < 1.29 is 22.3 Å². The Kier molecular flexibility index (Phi) is 6.83. The summed E-state index contributed by atoms with van der Waals surface area (Å²) in [6.07, 6.45) is 1.01. The molecule has 0 spiro atoms. The number of benzene rings is 2. The number of piperidine rings is 1. The molecule has 3 rings (SSSR count). The topological polar surface area (TPSA) is 75.7 Å². The van der Waals surface area contributed by atoms with Gasteiger partial charge in [0.2, 0.25) is 15.9 Å². The lowest BCUT2D eigenvalue weighted by molar-refractivity contribution is -0.120. The predicted octanol–water partition coefficient (Wildman–Crippen LogP) is 4.29. The first kappa shape index (κ1) is 22.0. The average Bonchev–Trinajstić information content (AvgIpc) is 2.70. The van der Waals surface area contributed by atoms with E-state index in [0.717, 1.165) is 0 Å². The molecule has 1 N–H and O–H groups in total. The van der Waals surface area contributed by atoms with E-state index in [-0.39, 0.29) is 34.4 Å². The largest absolute Gasteiger partial charge is 0.495 e. The van der Waals surface area contributed by atoms with Crippen LogP contribution in [-0.2, 0) is 14.8 Å². The molecule has 1 amide bonds. The molecule has 1 saturated heterocycles. The van der Waals surface area contributed by atoms with Crippen LogP contribution >= 0.6 is 27.5 Å². The van der Waals surface area contributed by atoms with Crippen LogP contribution in [0.25, 0.3) is 0 Å². The van der Waals surface area contributed by atoms with Gasteiger partial charge in [-0.2, -0.15) is 4.31 Å². The zero-order chi connectivity index (χ0) is 21.2. The van der Waals surface area contributed by atoms with Crippen molar-refractivity contribution in [2.45, 2.75) is 17.7 Å². The number of anilines is 1. The Morgan fingerprint density at radius 3 is 2.76 bits per heavy atom. The van der Waals surface area contributed by atoms with E-state index in [9.17, 15) is 17.6 Å². The lowest BCUT2D eigenvalue weighted by Crippen LogP contribution is -2.43.